The summed E-state index contributed by atoms with van der Waals surface area (Å²) >= 11 is 0. The van der Waals surface area contributed by atoms with Crippen LogP contribution >= 0.6 is 0 Å². The molecule has 1 aliphatic carbocycles. The van der Waals surface area contributed by atoms with Crippen LogP contribution in [0.4, 0.5) is 0 Å². The lowest BCUT2D eigenvalue weighted by Gasteiger charge is -2.34. The molecule has 3 aliphatic rings. The zero-order valence-corrected chi connectivity index (χ0v) is 15.6. The molecule has 2 aliphatic heterocycles. The van der Waals surface area contributed by atoms with Gasteiger partial charge in [0.05, 0.1) is 30.4 Å². The van der Waals surface area contributed by atoms with Crippen molar-refractivity contribution < 1.29 is 9.90 Å². The first kappa shape index (κ1) is 17.0. The molecule has 2 atom stereocenters. The van der Waals surface area contributed by atoms with Gasteiger partial charge >= 0.3 is 0 Å². The molecule has 1 aromatic carbocycles. The van der Waals surface area contributed by atoms with E-state index in [0.717, 1.165) is 44.5 Å². The van der Waals surface area contributed by atoms with E-state index in [4.69, 9.17) is 0 Å². The fourth-order valence-corrected chi connectivity index (χ4v) is 4.85. The number of carbonyl (C=O) groups excluding carboxylic acids is 1. The van der Waals surface area contributed by atoms with Crippen LogP contribution in [0.5, 0.6) is 0 Å². The van der Waals surface area contributed by atoms with Crippen LogP contribution in [0.25, 0.3) is 11.3 Å². The molecule has 1 saturated heterocycles. The fraction of sp³-hybridized carbons (Fsp3) is 0.545. The summed E-state index contributed by atoms with van der Waals surface area (Å²) in [6, 6.07) is 8.27. The predicted octanol–water partition coefficient (Wildman–Crippen LogP) is 3.24. The van der Waals surface area contributed by atoms with Crippen molar-refractivity contribution in [3.63, 3.8) is 0 Å². The van der Waals surface area contributed by atoms with E-state index in [0.29, 0.717) is 17.7 Å². The Balaban J connectivity index is 1.23. The van der Waals surface area contributed by atoms with E-state index in [1.165, 1.54) is 24.0 Å². The predicted molar refractivity (Wildman–Crippen MR) is 103 cm³/mol. The van der Waals surface area contributed by atoms with Gasteiger partial charge in [0.25, 0.3) is 0 Å². The van der Waals surface area contributed by atoms with E-state index in [9.17, 15) is 9.90 Å². The summed E-state index contributed by atoms with van der Waals surface area (Å²) in [5.41, 5.74) is 3.47. The maximum atomic E-state index is 12.3. The molecule has 1 N–H and O–H groups in total. The van der Waals surface area contributed by atoms with Gasteiger partial charge in [-0.1, -0.05) is 24.3 Å². The minimum Gasteiger partial charge on any atom is -0.391 e. The fourth-order valence-electron chi connectivity index (χ4n) is 4.85. The van der Waals surface area contributed by atoms with Crippen molar-refractivity contribution in [2.45, 2.75) is 50.7 Å². The highest BCUT2D eigenvalue weighted by Gasteiger charge is 2.35. The summed E-state index contributed by atoms with van der Waals surface area (Å²) in [4.78, 5) is 18.6. The highest BCUT2D eigenvalue weighted by atomic mass is 16.3. The molecule has 27 heavy (non-hydrogen) atoms. The third-order valence-electron chi connectivity index (χ3n) is 6.59. The second kappa shape index (κ2) is 6.79. The molecule has 0 spiro atoms. The second-order valence-corrected chi connectivity index (χ2v) is 8.49. The van der Waals surface area contributed by atoms with Gasteiger partial charge in [-0.2, -0.15) is 0 Å². The third kappa shape index (κ3) is 3.18. The molecule has 0 bridgehead atoms. The number of amides is 1. The normalized spacial score (nSPS) is 23.1. The van der Waals surface area contributed by atoms with E-state index in [2.05, 4.69) is 21.7 Å². The van der Waals surface area contributed by atoms with Gasteiger partial charge in [0.15, 0.2) is 0 Å². The highest BCUT2D eigenvalue weighted by Crippen LogP contribution is 2.42. The minimum atomic E-state index is -0.430. The van der Waals surface area contributed by atoms with Gasteiger partial charge in [-0.15, -0.1) is 0 Å². The lowest BCUT2D eigenvalue weighted by atomic mass is 9.87. The van der Waals surface area contributed by atoms with Crippen molar-refractivity contribution in [2.75, 3.05) is 13.1 Å². The Hall–Kier alpha value is -2.14. The first-order valence-electron chi connectivity index (χ1n) is 10.3. The number of carbonyl (C=O) groups is 1. The Kier molecular flexibility index (Phi) is 4.27. The number of aliphatic hydroxyl groups excluding tert-OH is 1. The average molecular weight is 365 g/mol. The number of imidazole rings is 1. The summed E-state index contributed by atoms with van der Waals surface area (Å²) in [5, 5.41) is 11.1. The van der Waals surface area contributed by atoms with Crippen molar-refractivity contribution >= 4 is 5.91 Å². The molecule has 5 rings (SSSR count). The maximum Gasteiger partial charge on any atom is 0.222 e. The van der Waals surface area contributed by atoms with Crippen LogP contribution in [-0.2, 0) is 4.79 Å². The molecule has 0 radical (unpaired) electrons. The number of aromatic nitrogens is 2. The van der Waals surface area contributed by atoms with Gasteiger partial charge < -0.3 is 14.6 Å². The second-order valence-electron chi connectivity index (χ2n) is 8.49. The van der Waals surface area contributed by atoms with Crippen LogP contribution in [0.1, 0.15) is 50.1 Å². The Morgan fingerprint density at radius 2 is 1.93 bits per heavy atom. The molecular weight excluding hydrogens is 338 g/mol. The number of nitrogens with zero attached hydrogens (tertiary/aromatic N) is 3. The van der Waals surface area contributed by atoms with Crippen molar-refractivity contribution in [1.82, 2.24) is 14.5 Å². The number of hydrogen-bond acceptors (Lipinski definition) is 3. The Bertz CT molecular complexity index is 834. The van der Waals surface area contributed by atoms with E-state index in [-0.39, 0.29) is 6.04 Å². The zero-order chi connectivity index (χ0) is 18.4. The monoisotopic (exact) mass is 365 g/mol. The average Bonchev–Trinajstić information content (AvgIpc) is 3.26. The van der Waals surface area contributed by atoms with Crippen LogP contribution in [0.3, 0.4) is 0 Å². The standard InChI is InChI=1S/C22H27N3O2/c26-20(11-16-7-9-24(10-8-16)21(27)12-15-5-6-15)22-18-4-2-1-3-17(18)19-13-23-14-25(19)22/h1-4,13-16,20,22,26H,5-12H2. The van der Waals surface area contributed by atoms with Crippen molar-refractivity contribution in [3.05, 3.63) is 42.4 Å². The first-order valence-corrected chi connectivity index (χ1v) is 10.3. The van der Waals surface area contributed by atoms with E-state index in [1.54, 1.807) is 0 Å². The quantitative estimate of drug-likeness (QED) is 0.885. The molecule has 2 unspecified atom stereocenters. The Labute approximate surface area is 160 Å². The summed E-state index contributed by atoms with van der Waals surface area (Å²) in [5.74, 6) is 1.47. The summed E-state index contributed by atoms with van der Waals surface area (Å²) < 4.78 is 2.11. The van der Waals surface area contributed by atoms with Gasteiger partial charge in [-0.05, 0) is 49.5 Å². The summed E-state index contributed by atoms with van der Waals surface area (Å²) in [6.45, 7) is 1.70. The number of piperidine rings is 1. The van der Waals surface area contributed by atoms with E-state index >= 15 is 0 Å². The molecule has 5 nitrogen and oxygen atoms in total. The van der Waals surface area contributed by atoms with E-state index < -0.39 is 6.10 Å². The van der Waals surface area contributed by atoms with Gasteiger partial charge in [0.2, 0.25) is 5.91 Å². The molecule has 1 saturated carbocycles. The highest BCUT2D eigenvalue weighted by molar-refractivity contribution is 5.76. The van der Waals surface area contributed by atoms with Crippen LogP contribution in [0.15, 0.2) is 36.8 Å². The first-order chi connectivity index (χ1) is 13.2. The van der Waals surface area contributed by atoms with Gasteiger partial charge in [0, 0.05) is 25.1 Å². The number of benzene rings is 1. The van der Waals surface area contributed by atoms with Crippen LogP contribution < -0.4 is 0 Å². The van der Waals surface area contributed by atoms with Gasteiger partial charge in [0.1, 0.15) is 0 Å². The number of rotatable bonds is 5. The van der Waals surface area contributed by atoms with Crippen molar-refractivity contribution in [1.29, 1.82) is 0 Å². The number of hydrogen-bond donors (Lipinski definition) is 1. The van der Waals surface area contributed by atoms with Gasteiger partial charge in [-0.3, -0.25) is 4.79 Å². The molecule has 1 amide bonds. The largest absolute Gasteiger partial charge is 0.391 e. The van der Waals surface area contributed by atoms with Crippen molar-refractivity contribution in [2.24, 2.45) is 11.8 Å². The lowest BCUT2D eigenvalue weighted by molar-refractivity contribution is -0.133. The molecule has 142 valence electrons. The molecular formula is C22H27N3O2. The minimum absolute atomic E-state index is 0.0479. The summed E-state index contributed by atoms with van der Waals surface area (Å²) in [7, 11) is 0. The topological polar surface area (TPSA) is 58.4 Å². The van der Waals surface area contributed by atoms with Crippen LogP contribution in [-0.4, -0.2) is 44.7 Å². The molecule has 5 heteroatoms. The third-order valence-corrected chi connectivity index (χ3v) is 6.59. The Morgan fingerprint density at radius 1 is 1.15 bits per heavy atom. The smallest absolute Gasteiger partial charge is 0.222 e. The molecule has 2 fully saturated rings. The van der Waals surface area contributed by atoms with E-state index in [1.807, 2.05) is 29.6 Å². The van der Waals surface area contributed by atoms with Crippen molar-refractivity contribution in [3.8, 4) is 11.3 Å². The number of likely N-dealkylation sites (tertiary alicyclic amines) is 1. The molecule has 3 heterocycles. The number of fused-ring (bicyclic) bond motifs is 3. The zero-order valence-electron chi connectivity index (χ0n) is 15.6. The van der Waals surface area contributed by atoms with Gasteiger partial charge in [-0.25, -0.2) is 4.98 Å². The maximum absolute atomic E-state index is 12.3. The van der Waals surface area contributed by atoms with Crippen LogP contribution in [0.2, 0.25) is 0 Å². The number of aliphatic hydroxyl groups is 1. The van der Waals surface area contributed by atoms with Crippen LogP contribution in [0, 0.1) is 11.8 Å². The Morgan fingerprint density at radius 3 is 2.70 bits per heavy atom. The molecule has 1 aromatic heterocycles. The SMILES string of the molecule is O=C(CC1CC1)N1CCC(CC(O)C2c3ccccc3-c3cncn32)CC1. The summed E-state index contributed by atoms with van der Waals surface area (Å²) in [6.07, 6.45) is 9.27. The molecule has 2 aromatic rings. The lowest BCUT2D eigenvalue weighted by Crippen LogP contribution is -2.39.